The summed E-state index contributed by atoms with van der Waals surface area (Å²) in [7, 11) is 0. The Morgan fingerprint density at radius 3 is 2.35 bits per heavy atom. The van der Waals surface area contributed by atoms with Crippen LogP contribution in [-0.2, 0) is 0 Å². The number of carbonyl (C=O) groups is 1. The first kappa shape index (κ1) is 14.2. The molecule has 0 aromatic rings. The maximum Gasteiger partial charge on any atom is 0.408 e. The Kier molecular flexibility index (Phi) is 3.66. The third kappa shape index (κ3) is 2.86. The van der Waals surface area contributed by atoms with Gasteiger partial charge in [-0.1, -0.05) is 0 Å². The summed E-state index contributed by atoms with van der Waals surface area (Å²) in [6.45, 7) is 4.79. The number of hydrogen-bond acceptors (Lipinski definition) is 2. The van der Waals surface area contributed by atoms with E-state index in [-0.39, 0.29) is 6.42 Å². The van der Waals surface area contributed by atoms with Crippen LogP contribution in [-0.4, -0.2) is 39.6 Å². The van der Waals surface area contributed by atoms with E-state index in [1.165, 1.54) is 0 Å². The molecule has 17 heavy (non-hydrogen) atoms. The van der Waals surface area contributed by atoms with Crippen LogP contribution in [0.1, 0.15) is 40.0 Å². The topological polar surface area (TPSA) is 66.6 Å². The summed E-state index contributed by atoms with van der Waals surface area (Å²) in [6, 6.07) is -2.25. The highest BCUT2D eigenvalue weighted by atomic mass is 19.3. The average molecular weight is 250 g/mol. The van der Waals surface area contributed by atoms with Crippen LogP contribution in [0.4, 0.5) is 13.6 Å². The normalized spacial score (nSPS) is 28.8. The summed E-state index contributed by atoms with van der Waals surface area (Å²) in [6.07, 6.45) is -0.882. The molecule has 0 bridgehead atoms. The Morgan fingerprint density at radius 2 is 2.00 bits per heavy atom. The number of nitrogens with two attached hydrogens (primary N) is 1. The molecule has 0 spiro atoms. The highest BCUT2D eigenvalue weighted by Crippen LogP contribution is 2.38. The molecule has 1 saturated carbocycles. The maximum absolute atomic E-state index is 13.9. The van der Waals surface area contributed by atoms with E-state index >= 15 is 0 Å². The van der Waals surface area contributed by atoms with Crippen molar-refractivity contribution in [3.8, 4) is 0 Å². The molecule has 6 heteroatoms. The summed E-state index contributed by atoms with van der Waals surface area (Å²) < 4.78 is 27.8. The van der Waals surface area contributed by atoms with Crippen molar-refractivity contribution in [3.63, 3.8) is 0 Å². The van der Waals surface area contributed by atoms with Crippen molar-refractivity contribution in [2.45, 2.75) is 63.6 Å². The van der Waals surface area contributed by atoms with E-state index < -0.39 is 29.6 Å². The van der Waals surface area contributed by atoms with Crippen LogP contribution in [0.5, 0.6) is 0 Å². The number of carboxylic acid groups (broad SMARTS) is 1. The monoisotopic (exact) mass is 250 g/mol. The molecule has 0 saturated heterocycles. The molecule has 0 radical (unpaired) electrons. The third-order valence-electron chi connectivity index (χ3n) is 3.09. The van der Waals surface area contributed by atoms with Crippen molar-refractivity contribution in [3.05, 3.63) is 0 Å². The first-order valence-electron chi connectivity index (χ1n) is 5.73. The molecule has 1 aliphatic carbocycles. The van der Waals surface area contributed by atoms with Crippen LogP contribution < -0.4 is 5.73 Å². The minimum atomic E-state index is -3.05. The van der Waals surface area contributed by atoms with Gasteiger partial charge in [0.25, 0.3) is 5.92 Å². The lowest BCUT2D eigenvalue weighted by atomic mass is 9.84. The average Bonchev–Trinajstić information content (AvgIpc) is 2.08. The van der Waals surface area contributed by atoms with Crippen LogP contribution in [0, 0.1) is 0 Å². The fourth-order valence-corrected chi connectivity index (χ4v) is 2.40. The molecule has 1 amide bonds. The van der Waals surface area contributed by atoms with Gasteiger partial charge in [-0.25, -0.2) is 13.6 Å². The zero-order valence-corrected chi connectivity index (χ0v) is 10.4. The van der Waals surface area contributed by atoms with Crippen molar-refractivity contribution in [1.29, 1.82) is 0 Å². The van der Waals surface area contributed by atoms with Gasteiger partial charge in [0.15, 0.2) is 0 Å². The zero-order valence-electron chi connectivity index (χ0n) is 10.4. The lowest BCUT2D eigenvalue weighted by Gasteiger charge is -2.47. The first-order chi connectivity index (χ1) is 7.57. The molecule has 0 unspecified atom stereocenters. The highest BCUT2D eigenvalue weighted by Gasteiger charge is 2.53. The highest BCUT2D eigenvalue weighted by molar-refractivity contribution is 5.67. The van der Waals surface area contributed by atoms with Crippen molar-refractivity contribution in [1.82, 2.24) is 4.90 Å². The number of hydrogen-bond donors (Lipinski definition) is 2. The SMILES string of the molecule is CC(C)(C)N(C(=O)O)[C@@H]1[C@@H](N)CCCC1(F)F. The molecule has 0 aromatic carbocycles. The van der Waals surface area contributed by atoms with Gasteiger partial charge in [-0.2, -0.15) is 0 Å². The van der Waals surface area contributed by atoms with Gasteiger partial charge in [0.1, 0.15) is 6.04 Å². The van der Waals surface area contributed by atoms with E-state index in [0.717, 1.165) is 4.90 Å². The largest absolute Gasteiger partial charge is 0.465 e. The van der Waals surface area contributed by atoms with Crippen LogP contribution in [0.15, 0.2) is 0 Å². The number of alkyl halides is 2. The quantitative estimate of drug-likeness (QED) is 0.750. The van der Waals surface area contributed by atoms with Gasteiger partial charge in [0.05, 0.1) is 0 Å². The fraction of sp³-hybridized carbons (Fsp3) is 0.909. The second-order valence-electron chi connectivity index (χ2n) is 5.59. The fourth-order valence-electron chi connectivity index (χ4n) is 2.40. The molecule has 1 fully saturated rings. The lowest BCUT2D eigenvalue weighted by molar-refractivity contribution is -0.123. The van der Waals surface area contributed by atoms with E-state index in [9.17, 15) is 13.6 Å². The second-order valence-corrected chi connectivity index (χ2v) is 5.59. The number of nitrogens with zero attached hydrogens (tertiary/aromatic N) is 1. The summed E-state index contributed by atoms with van der Waals surface area (Å²) in [4.78, 5) is 12.0. The van der Waals surface area contributed by atoms with Gasteiger partial charge in [0, 0.05) is 18.0 Å². The van der Waals surface area contributed by atoms with E-state index in [1.807, 2.05) is 0 Å². The molecule has 100 valence electrons. The molecular formula is C11H20F2N2O2. The molecule has 1 aliphatic rings. The van der Waals surface area contributed by atoms with Gasteiger partial charge >= 0.3 is 6.09 Å². The Hall–Kier alpha value is -0.910. The zero-order chi connectivity index (χ0) is 13.4. The molecule has 0 aliphatic heterocycles. The van der Waals surface area contributed by atoms with Crippen LogP contribution in [0.25, 0.3) is 0 Å². The summed E-state index contributed by atoms with van der Waals surface area (Å²) in [5.41, 5.74) is 4.81. The molecule has 0 heterocycles. The molecule has 1 rings (SSSR count). The van der Waals surface area contributed by atoms with E-state index in [0.29, 0.717) is 12.8 Å². The van der Waals surface area contributed by atoms with Crippen molar-refractivity contribution in [2.75, 3.05) is 0 Å². The van der Waals surface area contributed by atoms with Gasteiger partial charge in [-0.05, 0) is 33.6 Å². The second kappa shape index (κ2) is 4.40. The smallest absolute Gasteiger partial charge is 0.408 e. The Morgan fingerprint density at radius 1 is 1.47 bits per heavy atom. The van der Waals surface area contributed by atoms with Crippen LogP contribution >= 0.6 is 0 Å². The van der Waals surface area contributed by atoms with E-state index in [4.69, 9.17) is 10.8 Å². The molecule has 0 aromatic heterocycles. The molecule has 3 N–H and O–H groups in total. The lowest BCUT2D eigenvalue weighted by Crippen LogP contribution is -2.65. The number of rotatable bonds is 1. The van der Waals surface area contributed by atoms with Crippen molar-refractivity contribution in [2.24, 2.45) is 5.73 Å². The van der Waals surface area contributed by atoms with E-state index in [2.05, 4.69) is 0 Å². The first-order valence-corrected chi connectivity index (χ1v) is 5.73. The standard InChI is InChI=1S/C11H20F2N2O2/c1-10(2,3)15(9(16)17)8-7(14)5-4-6-11(8,12)13/h7-8H,4-6,14H2,1-3H3,(H,16,17)/t7-,8+/m0/s1. The van der Waals surface area contributed by atoms with Crippen LogP contribution in [0.2, 0.25) is 0 Å². The molecule has 4 nitrogen and oxygen atoms in total. The van der Waals surface area contributed by atoms with Gasteiger partial charge in [0.2, 0.25) is 0 Å². The molecule has 2 atom stereocenters. The minimum absolute atomic E-state index is 0.300. The van der Waals surface area contributed by atoms with Gasteiger partial charge in [-0.15, -0.1) is 0 Å². The number of halogens is 2. The maximum atomic E-state index is 13.9. The Labute approximate surface area is 99.8 Å². The summed E-state index contributed by atoms with van der Waals surface area (Å²) in [5, 5.41) is 9.15. The van der Waals surface area contributed by atoms with Crippen LogP contribution in [0.3, 0.4) is 0 Å². The van der Waals surface area contributed by atoms with Gasteiger partial charge < -0.3 is 10.8 Å². The minimum Gasteiger partial charge on any atom is -0.465 e. The van der Waals surface area contributed by atoms with Crippen molar-refractivity contribution < 1.29 is 18.7 Å². The predicted molar refractivity (Wildman–Crippen MR) is 60.2 cm³/mol. The summed E-state index contributed by atoms with van der Waals surface area (Å²) >= 11 is 0. The van der Waals surface area contributed by atoms with E-state index in [1.54, 1.807) is 20.8 Å². The Bertz CT molecular complexity index is 302. The van der Waals surface area contributed by atoms with Gasteiger partial charge in [-0.3, -0.25) is 4.90 Å². The Balaban J connectivity index is 3.11. The third-order valence-corrected chi connectivity index (χ3v) is 3.09. The summed E-state index contributed by atoms with van der Waals surface area (Å²) in [5.74, 6) is -3.05. The van der Waals surface area contributed by atoms with Crippen molar-refractivity contribution >= 4 is 6.09 Å². The molecular weight excluding hydrogens is 230 g/mol. The predicted octanol–water partition coefficient (Wildman–Crippen LogP) is 2.28. The number of amides is 1.